The van der Waals surface area contributed by atoms with E-state index >= 15 is 0 Å². The zero-order valence-electron chi connectivity index (χ0n) is 12.0. The van der Waals surface area contributed by atoms with Gasteiger partial charge >= 0.3 is 0 Å². The van der Waals surface area contributed by atoms with Crippen LogP contribution in [0.1, 0.15) is 31.5 Å². The number of aromatic nitrogens is 4. The Labute approximate surface area is 121 Å². The third kappa shape index (κ3) is 2.31. The van der Waals surface area contributed by atoms with Gasteiger partial charge in [0, 0.05) is 0 Å². The number of hydrogen-bond donors (Lipinski definition) is 1. The Morgan fingerprint density at radius 1 is 1.14 bits per heavy atom. The van der Waals surface area contributed by atoms with E-state index in [2.05, 4.69) is 20.1 Å². The molecule has 8 nitrogen and oxygen atoms in total. The van der Waals surface area contributed by atoms with Crippen LogP contribution in [0.3, 0.4) is 0 Å². The molecule has 2 heterocycles. The van der Waals surface area contributed by atoms with Crippen molar-refractivity contribution in [2.24, 2.45) is 5.73 Å². The summed E-state index contributed by atoms with van der Waals surface area (Å²) >= 11 is 0. The van der Waals surface area contributed by atoms with E-state index < -0.39 is 5.54 Å². The lowest BCUT2D eigenvalue weighted by Gasteiger charge is -2.17. The van der Waals surface area contributed by atoms with Gasteiger partial charge in [-0.3, -0.25) is 0 Å². The van der Waals surface area contributed by atoms with Crippen molar-refractivity contribution in [1.29, 1.82) is 0 Å². The summed E-state index contributed by atoms with van der Waals surface area (Å²) in [7, 11) is 3.01. The van der Waals surface area contributed by atoms with Gasteiger partial charge in [0.15, 0.2) is 11.4 Å². The minimum atomic E-state index is -0.516. The van der Waals surface area contributed by atoms with Crippen LogP contribution in [-0.2, 0) is 5.54 Å². The van der Waals surface area contributed by atoms with E-state index in [9.17, 15) is 0 Å². The summed E-state index contributed by atoms with van der Waals surface area (Å²) in [5, 5.41) is 4.02. The van der Waals surface area contributed by atoms with Crippen LogP contribution in [-0.4, -0.2) is 34.3 Å². The Morgan fingerprint density at radius 2 is 1.76 bits per heavy atom. The Kier molecular flexibility index (Phi) is 3.46. The second kappa shape index (κ2) is 5.28. The number of methoxy groups -OCH3 is 2. The number of nitrogens with zero attached hydrogens (tertiary/aromatic N) is 4. The predicted octanol–water partition coefficient (Wildman–Crippen LogP) is 1.27. The molecule has 0 aromatic carbocycles. The predicted molar refractivity (Wildman–Crippen MR) is 72.8 cm³/mol. The van der Waals surface area contributed by atoms with E-state index in [4.69, 9.17) is 19.7 Å². The first-order chi connectivity index (χ1) is 10.2. The van der Waals surface area contributed by atoms with Gasteiger partial charge in [0.1, 0.15) is 6.33 Å². The Hall–Kier alpha value is -2.22. The molecule has 0 unspecified atom stereocenters. The SMILES string of the molecule is COc1ncnc(OC)c1-c1nc(C2(N)CCCC2)no1. The molecule has 0 atom stereocenters. The molecule has 3 rings (SSSR count). The molecule has 0 bridgehead atoms. The molecule has 1 fully saturated rings. The van der Waals surface area contributed by atoms with Crippen LogP contribution in [0.4, 0.5) is 0 Å². The molecule has 0 spiro atoms. The third-order valence-corrected chi connectivity index (χ3v) is 3.75. The fourth-order valence-corrected chi connectivity index (χ4v) is 2.60. The fourth-order valence-electron chi connectivity index (χ4n) is 2.60. The first kappa shape index (κ1) is 13.7. The van der Waals surface area contributed by atoms with Crippen LogP contribution in [0, 0.1) is 0 Å². The minimum absolute atomic E-state index is 0.246. The molecular formula is C13H17N5O3. The highest BCUT2D eigenvalue weighted by Gasteiger charge is 2.36. The van der Waals surface area contributed by atoms with Crippen molar-refractivity contribution in [2.75, 3.05) is 14.2 Å². The monoisotopic (exact) mass is 291 g/mol. The fraction of sp³-hybridized carbons (Fsp3) is 0.538. The summed E-state index contributed by atoms with van der Waals surface area (Å²) in [6, 6.07) is 0. The quantitative estimate of drug-likeness (QED) is 0.896. The van der Waals surface area contributed by atoms with Crippen LogP contribution in [0.25, 0.3) is 11.5 Å². The molecule has 0 saturated heterocycles. The molecule has 2 aromatic rings. The average Bonchev–Trinajstić information content (AvgIpc) is 3.16. The Balaban J connectivity index is 2.04. The highest BCUT2D eigenvalue weighted by Crippen LogP contribution is 2.38. The van der Waals surface area contributed by atoms with Gasteiger partial charge in [-0.15, -0.1) is 0 Å². The van der Waals surface area contributed by atoms with Crippen molar-refractivity contribution < 1.29 is 14.0 Å². The summed E-state index contributed by atoms with van der Waals surface area (Å²) in [6.45, 7) is 0. The van der Waals surface area contributed by atoms with Crippen molar-refractivity contribution in [3.8, 4) is 23.2 Å². The minimum Gasteiger partial charge on any atom is -0.480 e. The summed E-state index contributed by atoms with van der Waals surface area (Å²) in [4.78, 5) is 12.5. The molecule has 2 aromatic heterocycles. The number of ether oxygens (including phenoxy) is 2. The first-order valence-electron chi connectivity index (χ1n) is 6.74. The van der Waals surface area contributed by atoms with Gasteiger partial charge in [-0.25, -0.2) is 9.97 Å². The topological polar surface area (TPSA) is 109 Å². The maximum Gasteiger partial charge on any atom is 0.269 e. The zero-order valence-corrected chi connectivity index (χ0v) is 12.0. The standard InChI is InChI=1S/C13H17N5O3/c1-19-9-8(10(20-2)16-7-15-9)11-17-12(18-21-11)13(14)5-3-4-6-13/h7H,3-6,14H2,1-2H3. The molecule has 112 valence electrons. The van der Waals surface area contributed by atoms with Gasteiger partial charge < -0.3 is 19.7 Å². The van der Waals surface area contributed by atoms with Crippen LogP contribution in [0.15, 0.2) is 10.9 Å². The summed E-state index contributed by atoms with van der Waals surface area (Å²) in [5.74, 6) is 1.38. The van der Waals surface area contributed by atoms with Crippen molar-refractivity contribution in [3.63, 3.8) is 0 Å². The number of rotatable bonds is 4. The second-order valence-electron chi connectivity index (χ2n) is 5.05. The van der Waals surface area contributed by atoms with Gasteiger partial charge in [-0.1, -0.05) is 18.0 Å². The van der Waals surface area contributed by atoms with Crippen molar-refractivity contribution in [1.82, 2.24) is 20.1 Å². The van der Waals surface area contributed by atoms with Gasteiger partial charge in [0.25, 0.3) is 5.89 Å². The maximum absolute atomic E-state index is 6.33. The second-order valence-corrected chi connectivity index (χ2v) is 5.05. The average molecular weight is 291 g/mol. The molecule has 0 aliphatic heterocycles. The molecule has 1 aliphatic rings. The lowest BCUT2D eigenvalue weighted by Crippen LogP contribution is -2.34. The van der Waals surface area contributed by atoms with Gasteiger partial charge in [0.05, 0.1) is 19.8 Å². The van der Waals surface area contributed by atoms with E-state index in [0.29, 0.717) is 23.1 Å². The molecule has 0 amide bonds. The van der Waals surface area contributed by atoms with Crippen LogP contribution in [0.5, 0.6) is 11.8 Å². The maximum atomic E-state index is 6.33. The van der Waals surface area contributed by atoms with Crippen LogP contribution >= 0.6 is 0 Å². The molecule has 0 radical (unpaired) electrons. The van der Waals surface area contributed by atoms with Crippen LogP contribution in [0.2, 0.25) is 0 Å². The van der Waals surface area contributed by atoms with E-state index in [1.807, 2.05) is 0 Å². The lowest BCUT2D eigenvalue weighted by molar-refractivity contribution is 0.358. The number of hydrogen-bond acceptors (Lipinski definition) is 8. The lowest BCUT2D eigenvalue weighted by atomic mass is 9.99. The van der Waals surface area contributed by atoms with E-state index in [0.717, 1.165) is 25.7 Å². The number of nitrogens with two attached hydrogens (primary N) is 1. The molecule has 21 heavy (non-hydrogen) atoms. The summed E-state index contributed by atoms with van der Waals surface area (Å²) in [6.07, 6.45) is 5.19. The van der Waals surface area contributed by atoms with Crippen molar-refractivity contribution >= 4 is 0 Å². The molecule has 1 saturated carbocycles. The molecule has 1 aliphatic carbocycles. The van der Waals surface area contributed by atoms with Crippen molar-refractivity contribution in [3.05, 3.63) is 12.2 Å². The van der Waals surface area contributed by atoms with Gasteiger partial charge in [-0.05, 0) is 12.8 Å². The van der Waals surface area contributed by atoms with E-state index in [1.54, 1.807) is 0 Å². The van der Waals surface area contributed by atoms with Gasteiger partial charge in [0.2, 0.25) is 11.8 Å². The van der Waals surface area contributed by atoms with E-state index in [1.165, 1.54) is 20.5 Å². The Bertz CT molecular complexity index is 614. The largest absolute Gasteiger partial charge is 0.480 e. The zero-order chi connectivity index (χ0) is 14.9. The molecule has 8 heteroatoms. The van der Waals surface area contributed by atoms with Crippen molar-refractivity contribution in [2.45, 2.75) is 31.2 Å². The molecular weight excluding hydrogens is 274 g/mol. The highest BCUT2D eigenvalue weighted by molar-refractivity contribution is 5.65. The van der Waals surface area contributed by atoms with E-state index in [-0.39, 0.29) is 5.89 Å². The smallest absolute Gasteiger partial charge is 0.269 e. The summed E-state index contributed by atoms with van der Waals surface area (Å²) < 4.78 is 15.8. The first-order valence-corrected chi connectivity index (χ1v) is 6.74. The van der Waals surface area contributed by atoms with Gasteiger partial charge in [-0.2, -0.15) is 4.98 Å². The van der Waals surface area contributed by atoms with Crippen LogP contribution < -0.4 is 15.2 Å². The molecule has 2 N–H and O–H groups in total. The normalized spacial score (nSPS) is 16.9. The summed E-state index contributed by atoms with van der Waals surface area (Å²) in [5.41, 5.74) is 6.25. The Morgan fingerprint density at radius 3 is 2.33 bits per heavy atom. The third-order valence-electron chi connectivity index (χ3n) is 3.75. The highest BCUT2D eigenvalue weighted by atomic mass is 16.5.